The van der Waals surface area contributed by atoms with E-state index in [4.69, 9.17) is 0 Å². The van der Waals surface area contributed by atoms with Crippen LogP contribution in [0.2, 0.25) is 0 Å². The van der Waals surface area contributed by atoms with Crippen molar-refractivity contribution in [2.24, 2.45) is 0 Å². The first kappa shape index (κ1) is 11.2. The number of aryl methyl sites for hydroxylation is 1. The van der Waals surface area contributed by atoms with Crippen molar-refractivity contribution < 1.29 is 4.39 Å². The molecular weight excluding hydrogens is 177 g/mol. The van der Waals surface area contributed by atoms with Gasteiger partial charge in [-0.15, -0.1) is 0 Å². The second-order valence-corrected chi connectivity index (χ2v) is 3.94. The zero-order valence-corrected chi connectivity index (χ0v) is 9.05. The van der Waals surface area contributed by atoms with Gasteiger partial charge in [0, 0.05) is 6.04 Å². The molecular formula is C12H18FN. The Morgan fingerprint density at radius 3 is 2.57 bits per heavy atom. The lowest BCUT2D eigenvalue weighted by atomic mass is 10.0. The van der Waals surface area contributed by atoms with Crippen LogP contribution in [-0.2, 0) is 0 Å². The van der Waals surface area contributed by atoms with Gasteiger partial charge in [0.15, 0.2) is 0 Å². The molecule has 1 unspecified atom stereocenters. The first-order valence-corrected chi connectivity index (χ1v) is 5.02. The van der Waals surface area contributed by atoms with Crippen LogP contribution in [0.4, 0.5) is 4.39 Å². The zero-order chi connectivity index (χ0) is 10.6. The fraction of sp³-hybridized carbons (Fsp3) is 0.500. The smallest absolute Gasteiger partial charge is 0.109 e. The predicted molar refractivity (Wildman–Crippen MR) is 58.2 cm³/mol. The fourth-order valence-corrected chi connectivity index (χ4v) is 1.52. The van der Waals surface area contributed by atoms with Gasteiger partial charge in [0.1, 0.15) is 6.67 Å². The van der Waals surface area contributed by atoms with Gasteiger partial charge in [0.25, 0.3) is 0 Å². The zero-order valence-electron chi connectivity index (χ0n) is 9.05. The van der Waals surface area contributed by atoms with E-state index in [2.05, 4.69) is 5.32 Å². The highest BCUT2D eigenvalue weighted by molar-refractivity contribution is 5.25. The maximum atomic E-state index is 12.8. The molecule has 1 rings (SSSR count). The summed E-state index contributed by atoms with van der Waals surface area (Å²) in [6.45, 7) is 5.71. The molecule has 0 aromatic heterocycles. The highest BCUT2D eigenvalue weighted by Gasteiger charge is 2.11. The van der Waals surface area contributed by atoms with Crippen LogP contribution >= 0.6 is 0 Å². The SMILES string of the molecule is Cc1cccc(C(CF)NC(C)C)c1. The molecule has 0 aliphatic carbocycles. The van der Waals surface area contributed by atoms with Crippen LogP contribution in [0, 0.1) is 6.92 Å². The average molecular weight is 195 g/mol. The van der Waals surface area contributed by atoms with Crippen LogP contribution in [0.25, 0.3) is 0 Å². The first-order valence-electron chi connectivity index (χ1n) is 5.02. The highest BCUT2D eigenvalue weighted by atomic mass is 19.1. The molecule has 1 nitrogen and oxygen atoms in total. The van der Waals surface area contributed by atoms with Crippen molar-refractivity contribution >= 4 is 0 Å². The number of hydrogen-bond acceptors (Lipinski definition) is 1. The van der Waals surface area contributed by atoms with E-state index in [1.54, 1.807) is 0 Å². The lowest BCUT2D eigenvalue weighted by molar-refractivity contribution is 0.362. The summed E-state index contributed by atoms with van der Waals surface area (Å²) in [6, 6.07) is 8.11. The molecule has 0 saturated heterocycles. The van der Waals surface area contributed by atoms with Crippen molar-refractivity contribution in [3.63, 3.8) is 0 Å². The van der Waals surface area contributed by atoms with Gasteiger partial charge in [-0.25, -0.2) is 4.39 Å². The van der Waals surface area contributed by atoms with E-state index in [1.807, 2.05) is 45.0 Å². The van der Waals surface area contributed by atoms with E-state index < -0.39 is 0 Å². The van der Waals surface area contributed by atoms with Crippen molar-refractivity contribution in [1.82, 2.24) is 5.32 Å². The molecule has 0 saturated carbocycles. The van der Waals surface area contributed by atoms with Crippen LogP contribution in [0.5, 0.6) is 0 Å². The van der Waals surface area contributed by atoms with Gasteiger partial charge in [0.05, 0.1) is 6.04 Å². The van der Waals surface area contributed by atoms with E-state index in [1.165, 1.54) is 5.56 Å². The summed E-state index contributed by atoms with van der Waals surface area (Å²) in [7, 11) is 0. The van der Waals surface area contributed by atoms with Crippen molar-refractivity contribution in [3.05, 3.63) is 35.4 Å². The molecule has 1 aromatic rings. The first-order chi connectivity index (χ1) is 6.63. The van der Waals surface area contributed by atoms with Gasteiger partial charge in [-0.1, -0.05) is 43.7 Å². The van der Waals surface area contributed by atoms with Gasteiger partial charge in [-0.05, 0) is 12.5 Å². The number of hydrogen-bond donors (Lipinski definition) is 1. The number of rotatable bonds is 4. The van der Waals surface area contributed by atoms with E-state index in [0.29, 0.717) is 6.04 Å². The van der Waals surface area contributed by atoms with Crippen molar-refractivity contribution in [2.75, 3.05) is 6.67 Å². The van der Waals surface area contributed by atoms with E-state index in [0.717, 1.165) is 5.56 Å². The molecule has 0 amide bonds. The standard InChI is InChI=1S/C12H18FN/c1-9(2)14-12(8-13)11-6-4-5-10(3)7-11/h4-7,9,12,14H,8H2,1-3H3. The summed E-state index contributed by atoms with van der Waals surface area (Å²) in [5, 5.41) is 3.20. The largest absolute Gasteiger partial charge is 0.306 e. The molecule has 0 fully saturated rings. The van der Waals surface area contributed by atoms with Gasteiger partial charge >= 0.3 is 0 Å². The number of nitrogens with one attached hydrogen (secondary N) is 1. The minimum absolute atomic E-state index is 0.171. The van der Waals surface area contributed by atoms with Crippen LogP contribution in [0.3, 0.4) is 0 Å². The van der Waals surface area contributed by atoms with Crippen LogP contribution < -0.4 is 5.32 Å². The second-order valence-electron chi connectivity index (χ2n) is 3.94. The second kappa shape index (κ2) is 5.11. The Kier molecular flexibility index (Phi) is 4.08. The topological polar surface area (TPSA) is 12.0 Å². The van der Waals surface area contributed by atoms with Gasteiger partial charge in [-0.2, -0.15) is 0 Å². The Morgan fingerprint density at radius 1 is 1.36 bits per heavy atom. The molecule has 78 valence electrons. The molecule has 0 spiro atoms. The summed E-state index contributed by atoms with van der Waals surface area (Å²) in [5.74, 6) is 0. The summed E-state index contributed by atoms with van der Waals surface area (Å²) in [5.41, 5.74) is 2.20. The third-order valence-electron chi connectivity index (χ3n) is 2.13. The van der Waals surface area contributed by atoms with E-state index in [9.17, 15) is 4.39 Å². The highest BCUT2D eigenvalue weighted by Crippen LogP contribution is 2.15. The Balaban J connectivity index is 2.78. The van der Waals surface area contributed by atoms with Crippen LogP contribution in [0.15, 0.2) is 24.3 Å². The molecule has 0 aliphatic heterocycles. The van der Waals surface area contributed by atoms with Crippen molar-refractivity contribution in [3.8, 4) is 0 Å². The number of halogens is 1. The Hall–Kier alpha value is -0.890. The average Bonchev–Trinajstić information content (AvgIpc) is 2.14. The third kappa shape index (κ3) is 3.11. The lowest BCUT2D eigenvalue weighted by Gasteiger charge is -2.18. The van der Waals surface area contributed by atoms with Crippen LogP contribution in [-0.4, -0.2) is 12.7 Å². The fourth-order valence-electron chi connectivity index (χ4n) is 1.52. The summed E-state index contributed by atoms with van der Waals surface area (Å²) >= 11 is 0. The molecule has 14 heavy (non-hydrogen) atoms. The normalized spacial score (nSPS) is 13.2. The predicted octanol–water partition coefficient (Wildman–Crippen LogP) is 3.00. The number of benzene rings is 1. The quantitative estimate of drug-likeness (QED) is 0.778. The third-order valence-corrected chi connectivity index (χ3v) is 2.13. The maximum absolute atomic E-state index is 12.8. The number of alkyl halides is 1. The molecule has 0 heterocycles. The Bertz CT molecular complexity index is 283. The summed E-state index contributed by atoms with van der Waals surface area (Å²) < 4.78 is 12.8. The molecule has 1 aromatic carbocycles. The monoisotopic (exact) mass is 195 g/mol. The van der Waals surface area contributed by atoms with Crippen molar-refractivity contribution in [1.29, 1.82) is 0 Å². The molecule has 0 radical (unpaired) electrons. The molecule has 0 bridgehead atoms. The molecule has 2 heteroatoms. The Labute approximate surface area is 85.3 Å². The molecule has 1 atom stereocenters. The van der Waals surface area contributed by atoms with Crippen LogP contribution in [0.1, 0.15) is 31.0 Å². The molecule has 1 N–H and O–H groups in total. The van der Waals surface area contributed by atoms with Gasteiger partial charge in [-0.3, -0.25) is 0 Å². The Morgan fingerprint density at radius 2 is 2.07 bits per heavy atom. The minimum atomic E-state index is -0.359. The van der Waals surface area contributed by atoms with E-state index >= 15 is 0 Å². The van der Waals surface area contributed by atoms with Crippen molar-refractivity contribution in [2.45, 2.75) is 32.9 Å². The maximum Gasteiger partial charge on any atom is 0.109 e. The summed E-state index contributed by atoms with van der Waals surface area (Å²) in [6.07, 6.45) is 0. The van der Waals surface area contributed by atoms with Gasteiger partial charge in [0.2, 0.25) is 0 Å². The molecule has 0 aliphatic rings. The van der Waals surface area contributed by atoms with E-state index in [-0.39, 0.29) is 12.7 Å². The summed E-state index contributed by atoms with van der Waals surface area (Å²) in [4.78, 5) is 0. The lowest BCUT2D eigenvalue weighted by Crippen LogP contribution is -2.29. The minimum Gasteiger partial charge on any atom is -0.306 e. The van der Waals surface area contributed by atoms with Gasteiger partial charge < -0.3 is 5.32 Å².